The molecule has 4 fully saturated rings. The zero-order valence-electron chi connectivity index (χ0n) is 56.2. The van der Waals surface area contributed by atoms with Crippen molar-refractivity contribution in [3.8, 4) is 12.1 Å². The Morgan fingerprint density at radius 1 is 0.536 bits per heavy atom. The summed E-state index contributed by atoms with van der Waals surface area (Å²) < 4.78 is 38.5. The molecular weight excluding hydrogens is 1100 g/mol. The van der Waals surface area contributed by atoms with Crippen molar-refractivity contribution in [1.29, 1.82) is 10.5 Å². The minimum atomic E-state index is -1.13. The molecular formula is C63H121N9O10P2. The van der Waals surface area contributed by atoms with Gasteiger partial charge in [0.1, 0.15) is 29.7 Å². The van der Waals surface area contributed by atoms with Crippen LogP contribution in [0.25, 0.3) is 0 Å². The van der Waals surface area contributed by atoms with E-state index in [-0.39, 0.29) is 66.7 Å². The van der Waals surface area contributed by atoms with Gasteiger partial charge in [-0.15, -0.1) is 0 Å². The summed E-state index contributed by atoms with van der Waals surface area (Å²) in [5.41, 5.74) is 0. The van der Waals surface area contributed by atoms with Gasteiger partial charge in [-0.1, -0.05) is 55.4 Å². The third-order valence-electron chi connectivity index (χ3n) is 15.7. The number of carbonyl (C=O) groups is 4. The molecule has 0 radical (unpaired) electrons. The number of rotatable bonds is 36. The Balaban J connectivity index is 0.000000565. The van der Waals surface area contributed by atoms with Crippen LogP contribution >= 0.6 is 16.9 Å². The highest BCUT2D eigenvalue weighted by molar-refractivity contribution is 7.48. The minimum absolute atomic E-state index is 0.0148. The Labute approximate surface area is 514 Å². The molecule has 21 heteroatoms. The number of likely N-dealkylation sites (tertiary alicyclic amines) is 4. The lowest BCUT2D eigenvalue weighted by molar-refractivity contribution is -0.151. The van der Waals surface area contributed by atoms with E-state index in [1.165, 1.54) is 26.7 Å². The van der Waals surface area contributed by atoms with Crippen LogP contribution in [0.3, 0.4) is 0 Å². The fourth-order valence-electron chi connectivity index (χ4n) is 11.8. The summed E-state index contributed by atoms with van der Waals surface area (Å²) in [6.07, 6.45) is 13.2. The van der Waals surface area contributed by atoms with Gasteiger partial charge in [0.05, 0.1) is 63.2 Å². The molecule has 2 unspecified atom stereocenters. The van der Waals surface area contributed by atoms with Crippen LogP contribution in [0.4, 0.5) is 0 Å². The monoisotopic (exact) mass is 1230 g/mol. The second-order valence-electron chi connectivity index (χ2n) is 24.1. The Hall–Kier alpha value is -2.32. The van der Waals surface area contributed by atoms with Crippen molar-refractivity contribution in [1.82, 2.24) is 34.1 Å². The van der Waals surface area contributed by atoms with Crippen LogP contribution in [0.15, 0.2) is 0 Å². The van der Waals surface area contributed by atoms with Crippen molar-refractivity contribution in [2.45, 2.75) is 254 Å². The quantitative estimate of drug-likeness (QED) is 0.0248. The second-order valence-corrected chi connectivity index (χ2v) is 27.0. The van der Waals surface area contributed by atoms with Crippen LogP contribution < -0.4 is 0 Å². The maximum atomic E-state index is 11.6. The van der Waals surface area contributed by atoms with Crippen molar-refractivity contribution in [2.24, 2.45) is 11.8 Å². The molecule has 488 valence electrons. The Morgan fingerprint density at radius 3 is 1.36 bits per heavy atom. The summed E-state index contributed by atoms with van der Waals surface area (Å²) in [6.45, 7) is 40.7. The number of carbonyl (C=O) groups excluding carboxylic acids is 4. The summed E-state index contributed by atoms with van der Waals surface area (Å²) in [5.74, 6) is 0.704. The molecule has 0 aliphatic carbocycles. The molecule has 0 bridgehead atoms. The van der Waals surface area contributed by atoms with Gasteiger partial charge in [-0.3, -0.25) is 34.1 Å². The average Bonchev–Trinajstić information content (AvgIpc) is 4.26. The van der Waals surface area contributed by atoms with Gasteiger partial charge in [-0.2, -0.15) is 10.5 Å². The van der Waals surface area contributed by atoms with E-state index in [4.69, 9.17) is 38.1 Å². The van der Waals surface area contributed by atoms with Crippen molar-refractivity contribution in [3.05, 3.63) is 0 Å². The number of ether oxygens (including phenoxy) is 2. The first-order valence-electron chi connectivity index (χ1n) is 32.4. The predicted molar refractivity (Wildman–Crippen MR) is 341 cm³/mol. The number of Topliss-reactive ketones (excluding diaryl/α,β-unsaturated/α-hetero) is 2. The fourth-order valence-corrected chi connectivity index (χ4v) is 15.4. The summed E-state index contributed by atoms with van der Waals surface area (Å²) >= 11 is 0. The zero-order valence-corrected chi connectivity index (χ0v) is 57.9. The standard InChI is InChI=1S/C18H36N3O2P.C17H35N4O2P.2C14H25NO3/c1-7-12-20-13-10-18(17(20)8-2)23-24(22-14-9-11-19)21(15(3)4)16(5)6;1-7-11-21-13-15(8-2)16(14-21)23-24(22-12-9-10-18)17(19(3)4)20(5)6;1-4-9-15-10-8-13(12(15)5-2)18-14(17)7-6-11(3)16;1-4-8-15-9-12(5-2)13(10-15)18-14(17)7-6-11(3)16/h15-18H,7-10,12-14H2,1-6H3;15-17H,7-9,11-14H2,1-6H3;2*12-13H,4-10H2,1-3H3/t17-,18-,24?;15-,16+,24?;12-,13-;12-,13+/m0101/s1. The van der Waals surface area contributed by atoms with Crippen molar-refractivity contribution < 1.29 is 46.7 Å². The lowest BCUT2D eigenvalue weighted by atomic mass is 10.0. The van der Waals surface area contributed by atoms with E-state index >= 15 is 0 Å². The van der Waals surface area contributed by atoms with Crippen molar-refractivity contribution >= 4 is 40.4 Å². The van der Waals surface area contributed by atoms with Gasteiger partial charge >= 0.3 is 11.9 Å². The summed E-state index contributed by atoms with van der Waals surface area (Å²) in [6, 6.07) is 5.85. The fraction of sp³-hybridized carbons (Fsp3) is 0.905. The third-order valence-corrected chi connectivity index (χ3v) is 20.1. The molecule has 0 spiro atoms. The zero-order chi connectivity index (χ0) is 63.3. The summed E-state index contributed by atoms with van der Waals surface area (Å²) in [5, 5.41) is 17.6. The normalized spacial score (nSPS) is 23.7. The molecule has 0 aromatic heterocycles. The van der Waals surface area contributed by atoms with E-state index in [2.05, 4.69) is 129 Å². The number of nitrogens with zero attached hydrogens (tertiary/aromatic N) is 9. The van der Waals surface area contributed by atoms with Gasteiger partial charge in [-0.25, -0.2) is 4.67 Å². The molecule has 0 saturated carbocycles. The molecule has 84 heavy (non-hydrogen) atoms. The molecule has 4 aliphatic heterocycles. The molecule has 4 aliphatic rings. The van der Waals surface area contributed by atoms with Crippen molar-refractivity contribution in [2.75, 3.05) is 107 Å². The SMILES string of the molecule is CCCN1CC[C@H](OC(=O)CCC(C)=O)[C@@H]1CC.CCCN1CC[C@H](OP(OCCC#N)N(C(C)C)C(C)C)[C@@H]1CC.CCCN1C[C@@H](CC)[C@@H](OC(=O)CCC(C)=O)C1.CCCN1C[C@@H](CC)[C@@H](OP(OCCC#N)C(N(C)C)N(C)C)C1. The number of esters is 2. The van der Waals surface area contributed by atoms with Crippen LogP contribution in [0, 0.1) is 34.5 Å². The minimum Gasteiger partial charge on any atom is -0.461 e. The van der Waals surface area contributed by atoms with Crippen LogP contribution in [0.2, 0.25) is 0 Å². The number of ketones is 2. The van der Waals surface area contributed by atoms with Gasteiger partial charge in [0.25, 0.3) is 8.53 Å². The summed E-state index contributed by atoms with van der Waals surface area (Å²) in [4.78, 5) is 59.0. The van der Waals surface area contributed by atoms with Gasteiger partial charge < -0.3 is 42.1 Å². The highest BCUT2D eigenvalue weighted by Gasteiger charge is 2.41. The molecule has 19 nitrogen and oxygen atoms in total. The van der Waals surface area contributed by atoms with E-state index in [0.29, 0.717) is 74.9 Å². The first-order valence-corrected chi connectivity index (χ1v) is 34.8. The van der Waals surface area contributed by atoms with Crippen LogP contribution in [0.1, 0.15) is 200 Å². The largest absolute Gasteiger partial charge is 0.461 e. The molecule has 0 aromatic rings. The first kappa shape index (κ1) is 79.7. The van der Waals surface area contributed by atoms with Gasteiger partial charge in [-0.05, 0) is 166 Å². The van der Waals surface area contributed by atoms with Gasteiger partial charge in [0.2, 0.25) is 8.38 Å². The molecule has 4 rings (SSSR count). The van der Waals surface area contributed by atoms with E-state index < -0.39 is 16.9 Å². The Morgan fingerprint density at radius 2 is 0.952 bits per heavy atom. The number of hydrogen-bond acceptors (Lipinski definition) is 19. The average molecular weight is 1230 g/mol. The molecule has 0 N–H and O–H groups in total. The van der Waals surface area contributed by atoms with Crippen LogP contribution in [-0.4, -0.2) is 219 Å². The van der Waals surface area contributed by atoms with Gasteiger partial charge in [0.15, 0.2) is 0 Å². The summed E-state index contributed by atoms with van der Waals surface area (Å²) in [7, 11) is 5.95. The van der Waals surface area contributed by atoms with Crippen LogP contribution in [-0.2, 0) is 46.7 Å². The second kappa shape index (κ2) is 45.9. The number of nitriles is 2. The molecule has 0 aromatic carbocycles. The molecule has 0 amide bonds. The first-order chi connectivity index (χ1) is 40.0. The van der Waals surface area contributed by atoms with Crippen molar-refractivity contribution in [3.63, 3.8) is 0 Å². The lowest BCUT2D eigenvalue weighted by Crippen LogP contribution is -2.41. The maximum Gasteiger partial charge on any atom is 0.306 e. The van der Waals surface area contributed by atoms with E-state index in [1.54, 1.807) is 0 Å². The molecule has 4 heterocycles. The topological polar surface area (TPSA) is 194 Å². The highest BCUT2D eigenvalue weighted by atomic mass is 31.2. The smallest absolute Gasteiger partial charge is 0.306 e. The highest BCUT2D eigenvalue weighted by Crippen LogP contribution is 2.50. The van der Waals surface area contributed by atoms with E-state index in [9.17, 15) is 19.2 Å². The predicted octanol–water partition coefficient (Wildman–Crippen LogP) is 11.5. The van der Waals surface area contributed by atoms with E-state index in [1.807, 2.05) is 28.2 Å². The molecule has 4 saturated heterocycles. The number of hydrogen-bond donors (Lipinski definition) is 0. The molecule has 10 atom stereocenters. The van der Waals surface area contributed by atoms with E-state index in [0.717, 1.165) is 117 Å². The Kier molecular flexibility index (Phi) is 43.5. The van der Waals surface area contributed by atoms with Crippen LogP contribution in [0.5, 0.6) is 0 Å². The lowest BCUT2D eigenvalue weighted by Gasteiger charge is -2.38. The maximum absolute atomic E-state index is 11.6. The van der Waals surface area contributed by atoms with Gasteiger partial charge in [0, 0.05) is 82.2 Å². The third kappa shape index (κ3) is 30.3. The Bertz CT molecular complexity index is 1790.